The Morgan fingerprint density at radius 2 is 1.01 bits per heavy atom. The van der Waals surface area contributed by atoms with Crippen molar-refractivity contribution in [2.45, 2.75) is 88.5 Å². The minimum absolute atomic E-state index is 0.0604. The van der Waals surface area contributed by atoms with Crippen molar-refractivity contribution in [3.63, 3.8) is 0 Å². The number of nitrogen functional groups attached to an aromatic ring is 1. The maximum atomic E-state index is 11.3. The zero-order valence-corrected chi connectivity index (χ0v) is 84.3. The van der Waals surface area contributed by atoms with Gasteiger partial charge in [-0.2, -0.15) is 30.9 Å². The summed E-state index contributed by atoms with van der Waals surface area (Å²) in [6, 6.07) is 56.1. The van der Waals surface area contributed by atoms with Gasteiger partial charge < -0.3 is 60.7 Å². The number of H-pyrrole nitrogens is 2. The van der Waals surface area contributed by atoms with E-state index in [1.807, 2.05) is 172 Å². The third-order valence-corrected chi connectivity index (χ3v) is 20.7. The summed E-state index contributed by atoms with van der Waals surface area (Å²) in [5, 5.41) is 59.9. The number of aromatic amines is 2. The number of anilines is 2. The Morgan fingerprint density at radius 1 is 0.567 bits per heavy atom. The topological polar surface area (TPSA) is 384 Å². The van der Waals surface area contributed by atoms with Crippen LogP contribution in [0.25, 0.3) is 67.0 Å². The fourth-order valence-corrected chi connectivity index (χ4v) is 13.7. The molecular weight excluding hydrogens is 1940 g/mol. The van der Waals surface area contributed by atoms with Crippen LogP contribution in [0, 0.1) is 22.7 Å². The minimum Gasteiger partial charge on any atom is -0.393 e. The Labute approximate surface area is 828 Å². The SMILES string of the molecule is CN(C)/C=C(\C#N)c1cccc(Cl)c1.CN(C)CCN(C)C.COC(OC)N(C)C.Clc1cccc(-c2cnn3ccc(Cl)nc23)c1.Cn1ccc(=O)n(C)c1=O.N#CCc1cccc(Cl)c1.NC1CCC(O)CC1.Nc1[nH]ncc1-c1cccc(Cl)c1.O=P(Cl)(Cl)Cl.O=c1ccn2ncc(-c3cccc(Cl)c3)c2[nH]1.OC1CCC(Nc2ccn3ncc(-c4cccc(Cl)c4)c3n2)CC1. The Balaban J connectivity index is 0.000000232. The van der Waals surface area contributed by atoms with Crippen LogP contribution in [-0.2, 0) is 34.6 Å². The van der Waals surface area contributed by atoms with Crippen LogP contribution in [0.15, 0.2) is 240 Å². The van der Waals surface area contributed by atoms with Crippen molar-refractivity contribution in [3.05, 3.63) is 303 Å². The Morgan fingerprint density at radius 3 is 1.43 bits per heavy atom. The second-order valence-corrected chi connectivity index (χ2v) is 40.4. The average molecular weight is 2050 g/mol. The maximum absolute atomic E-state index is 11.3. The van der Waals surface area contributed by atoms with Gasteiger partial charge in [-0.05, 0) is 246 Å². The second kappa shape index (κ2) is 58.3. The van der Waals surface area contributed by atoms with Gasteiger partial charge in [0.2, 0.25) is 6.41 Å². The second-order valence-electron chi connectivity index (χ2n) is 30.8. The molecule has 0 saturated heterocycles. The molecule has 134 heavy (non-hydrogen) atoms. The van der Waals surface area contributed by atoms with E-state index in [2.05, 4.69) is 125 Å². The summed E-state index contributed by atoms with van der Waals surface area (Å²) in [4.78, 5) is 52.8. The van der Waals surface area contributed by atoms with Crippen molar-refractivity contribution in [2.75, 3.05) is 94.7 Å². The number of nitrogens with one attached hydrogen (secondary N) is 3. The molecule has 0 aliphatic heterocycles. The summed E-state index contributed by atoms with van der Waals surface area (Å²) >= 11 is 55.1. The number of aliphatic hydroxyl groups excluding tert-OH is 2. The highest BCUT2D eigenvalue weighted by molar-refractivity contribution is 8.24. The fourth-order valence-electron chi connectivity index (χ4n) is 12.4. The van der Waals surface area contributed by atoms with Crippen LogP contribution < -0.4 is 33.6 Å². The molecule has 8 aromatic heterocycles. The first kappa shape index (κ1) is 113. The fraction of sp³-hybridized carbons (Fsp3) is 0.301. The summed E-state index contributed by atoms with van der Waals surface area (Å²) in [5.74, 6) is 1.40. The maximum Gasteiger partial charge on any atom is 0.339 e. The Bertz CT molecular complexity index is 6300. The van der Waals surface area contributed by atoms with E-state index < -0.39 is 5.20 Å². The van der Waals surface area contributed by atoms with E-state index in [9.17, 15) is 24.1 Å². The van der Waals surface area contributed by atoms with Crippen LogP contribution in [0.5, 0.6) is 0 Å². The van der Waals surface area contributed by atoms with Gasteiger partial charge in [-0.1, -0.05) is 154 Å². The van der Waals surface area contributed by atoms with Gasteiger partial charge in [0.1, 0.15) is 28.5 Å². The average Bonchev–Trinajstić information content (AvgIpc) is 1.57. The highest BCUT2D eigenvalue weighted by Crippen LogP contribution is 2.61. The lowest BCUT2D eigenvalue weighted by molar-refractivity contribution is -0.179. The smallest absolute Gasteiger partial charge is 0.339 e. The highest BCUT2D eigenvalue weighted by atomic mass is 36.0. The molecule has 0 amide bonds. The zero-order valence-electron chi connectivity index (χ0n) is 75.9. The zero-order chi connectivity index (χ0) is 98.7. The molecule has 0 atom stereocenters. The molecule has 30 nitrogen and oxygen atoms in total. The number of nitriles is 2. The first-order valence-corrected chi connectivity index (χ1v) is 48.4. The number of methoxy groups -OCH3 is 2. The van der Waals surface area contributed by atoms with E-state index in [1.165, 1.54) is 29.9 Å². The van der Waals surface area contributed by atoms with Gasteiger partial charge in [-0.15, -0.1) is 0 Å². The summed E-state index contributed by atoms with van der Waals surface area (Å²) in [6.07, 6.45) is 22.9. The van der Waals surface area contributed by atoms with E-state index in [4.69, 9.17) is 123 Å². The molecule has 2 fully saturated rings. The van der Waals surface area contributed by atoms with Crippen LogP contribution in [0.2, 0.25) is 35.3 Å². The minimum atomic E-state index is -3.22. The van der Waals surface area contributed by atoms with Crippen LogP contribution in [-0.4, -0.2) is 207 Å². The van der Waals surface area contributed by atoms with E-state index in [1.54, 1.807) is 108 Å². The highest BCUT2D eigenvalue weighted by Gasteiger charge is 2.21. The number of nitrogens with zero attached hydrogens (tertiary/aromatic N) is 17. The molecule has 6 aromatic carbocycles. The number of aliphatic hydroxyl groups is 2. The number of aromatic nitrogens is 13. The van der Waals surface area contributed by atoms with Gasteiger partial charge in [-0.25, -0.2) is 28.3 Å². The number of halogens is 10. The first-order valence-electron chi connectivity index (χ1n) is 41.4. The molecule has 8 heterocycles. The molecule has 16 rings (SSSR count). The quantitative estimate of drug-likeness (QED) is 0.0217. The van der Waals surface area contributed by atoms with Gasteiger partial charge in [0.25, 0.3) is 11.1 Å². The van der Waals surface area contributed by atoms with Crippen LogP contribution in [0.3, 0.4) is 0 Å². The number of likely N-dealkylation sites (N-methyl/N-ethyl adjacent to an activating group) is 2. The molecule has 2 saturated carbocycles. The predicted octanol–water partition coefficient (Wildman–Crippen LogP) is 19.7. The number of hydrogen-bond donors (Lipinski definition) is 7. The van der Waals surface area contributed by atoms with Gasteiger partial charge >= 0.3 is 10.9 Å². The molecule has 9 N–H and O–H groups in total. The summed E-state index contributed by atoms with van der Waals surface area (Å²) in [5.41, 5.74) is 22.6. The van der Waals surface area contributed by atoms with Crippen molar-refractivity contribution in [1.82, 2.24) is 82.7 Å². The lowest BCUT2D eigenvalue weighted by atomic mass is 9.93. The largest absolute Gasteiger partial charge is 0.393 e. The lowest BCUT2D eigenvalue weighted by Crippen LogP contribution is -2.35. The number of ether oxygens (including phenoxy) is 2. The Hall–Kier alpha value is -10.2. The van der Waals surface area contributed by atoms with Gasteiger partial charge in [0.15, 0.2) is 11.3 Å². The van der Waals surface area contributed by atoms with Gasteiger partial charge in [-0.3, -0.25) is 28.7 Å². The lowest BCUT2D eigenvalue weighted by Gasteiger charge is -2.26. The van der Waals surface area contributed by atoms with Crippen LogP contribution in [0.4, 0.5) is 11.6 Å². The number of fused-ring (bicyclic) bond motifs is 3. The molecular formula is C93H109Cl10N22O8P. The molecule has 2 aliphatic carbocycles. The van der Waals surface area contributed by atoms with Crippen molar-refractivity contribution in [2.24, 2.45) is 19.8 Å². The predicted molar refractivity (Wildman–Crippen MR) is 546 cm³/mol. The number of hydrogen-bond acceptors (Lipinski definition) is 23. The standard InChI is InChI=1S/C18H19ClN4O.C12H7Cl2N3.C12H8ClN3O.C11H11ClN2.C9H8ClN3.C8H6ClN.C6H8N2O2.C6H16N2.C6H13NO.C5H13NO2.Cl3OP/c19-13-3-1-2-12(10-13)16-11-20-23-9-8-17(22-18(16)23)21-14-4-6-15(24)7-5-14;13-9-3-1-2-8(6-9)10-7-15-17-5-4-11(14)16-12(10)17;13-9-3-1-2-8(6-9)10-7-14-16-5-4-11(17)15-12(10)16;1-14(2)8-10(7-13)9-4-3-5-11(12)6-9;10-7-3-1-2-6(4-7)8-5-12-13-9(8)11;9-8-3-1-2-7(6-8)4-5-10;1-7-4-3-5(9)8(2)6(7)10;1-7(2)5-6-8(3)4;7-5-1-3-6(8)4-2-5;1-6(2)5(7-3)8-4;1-5(2,3)4/h1-3,8-11,14-15,24H,4-7H2,(H,21,22);1-7H;1-7H,(H,15,17);3-6,8H,1-2H3;1-5H,(H3,11,12,13);1-3,6H,4H2;3-4H,1-2H3;5-6H2,1-4H3;5-6,8H,1-4,7H2;5H,1-4H3;/b;;;10-8+;;;;;;;. The number of rotatable bonds is 15. The molecule has 0 unspecified atom stereocenters. The summed E-state index contributed by atoms with van der Waals surface area (Å²) in [7, 11) is 22.1. The van der Waals surface area contributed by atoms with Gasteiger partial charge in [0.05, 0.1) is 55.1 Å². The molecule has 41 heteroatoms. The number of benzene rings is 6. The summed E-state index contributed by atoms with van der Waals surface area (Å²) < 4.78 is 26.7. The van der Waals surface area contributed by atoms with Crippen molar-refractivity contribution in [3.8, 4) is 56.6 Å². The van der Waals surface area contributed by atoms with Crippen LogP contribution in [0.1, 0.15) is 62.5 Å². The van der Waals surface area contributed by atoms with E-state index >= 15 is 0 Å². The summed E-state index contributed by atoms with van der Waals surface area (Å²) in [6.45, 7) is 2.29. The van der Waals surface area contributed by atoms with E-state index in [-0.39, 0.29) is 35.4 Å². The molecule has 0 radical (unpaired) electrons. The number of nitrogens with two attached hydrogens (primary N) is 2. The van der Waals surface area contributed by atoms with E-state index in [0.717, 1.165) is 142 Å². The number of aryl methyl sites for hydroxylation is 1. The van der Waals surface area contributed by atoms with Crippen molar-refractivity contribution in [1.29, 1.82) is 10.5 Å². The Kier molecular flexibility index (Phi) is 48.9. The van der Waals surface area contributed by atoms with Gasteiger partial charge in [0, 0.05) is 163 Å². The van der Waals surface area contributed by atoms with Crippen LogP contribution >= 0.6 is 120 Å². The molecule has 14 aromatic rings. The first-order chi connectivity index (χ1) is 63.6. The molecule has 2 aliphatic rings. The third kappa shape index (κ3) is 40.8. The molecule has 0 spiro atoms. The number of allylic oxidation sites excluding steroid dienone is 1. The molecule has 0 bridgehead atoms. The monoisotopic (exact) mass is 2040 g/mol. The normalized spacial score (nSPS) is 14.2. The van der Waals surface area contributed by atoms with Crippen molar-refractivity contribution < 1.29 is 24.3 Å². The third-order valence-electron chi connectivity index (χ3n) is 19.1. The molecule has 714 valence electrons. The van der Waals surface area contributed by atoms with E-state index in [0.29, 0.717) is 70.8 Å². The van der Waals surface area contributed by atoms with Crippen molar-refractivity contribution >= 4 is 154 Å².